The standard InChI is InChI=1S/C22H23F3N4O6S/c1-12(30)33-13(2)34-18(31)11-29-17-9-8-15(35-22(23,24)25)10-16(17)19(20(29)32)27-28-21(36)26-14-6-4-3-5-7-14/h3-10,12-13,18,30-31H,11H2,1-2H3,(H2,26,28,36)/b27-19+. The predicted molar refractivity (Wildman–Crippen MR) is 127 cm³/mol. The van der Waals surface area contributed by atoms with Crippen LogP contribution in [0.3, 0.4) is 0 Å². The fourth-order valence-corrected chi connectivity index (χ4v) is 3.46. The number of nitrogens with one attached hydrogen (secondary N) is 2. The van der Waals surface area contributed by atoms with Crippen LogP contribution in [0.15, 0.2) is 53.6 Å². The van der Waals surface area contributed by atoms with Gasteiger partial charge in [-0.25, -0.2) is 0 Å². The number of aliphatic hydroxyl groups is 2. The van der Waals surface area contributed by atoms with Gasteiger partial charge in [0.25, 0.3) is 5.91 Å². The van der Waals surface area contributed by atoms with Crippen LogP contribution < -0.4 is 20.4 Å². The van der Waals surface area contributed by atoms with E-state index in [4.69, 9.17) is 21.7 Å². The summed E-state index contributed by atoms with van der Waals surface area (Å²) >= 11 is 5.16. The first-order valence-corrected chi connectivity index (χ1v) is 10.9. The van der Waals surface area contributed by atoms with E-state index in [-0.39, 0.29) is 22.1 Å². The summed E-state index contributed by atoms with van der Waals surface area (Å²) in [7, 11) is 0. The number of para-hydroxylation sites is 1. The van der Waals surface area contributed by atoms with Gasteiger partial charge in [-0.1, -0.05) is 18.2 Å². The fourth-order valence-electron chi connectivity index (χ4n) is 3.30. The third kappa shape index (κ3) is 7.60. The zero-order valence-electron chi connectivity index (χ0n) is 19.0. The van der Waals surface area contributed by atoms with Crippen molar-refractivity contribution in [1.29, 1.82) is 0 Å². The van der Waals surface area contributed by atoms with Gasteiger partial charge in [0.05, 0.1) is 12.2 Å². The van der Waals surface area contributed by atoms with Crippen molar-refractivity contribution in [2.75, 3.05) is 16.8 Å². The van der Waals surface area contributed by atoms with E-state index in [1.165, 1.54) is 19.9 Å². The Balaban J connectivity index is 1.83. The van der Waals surface area contributed by atoms with E-state index in [9.17, 15) is 28.2 Å². The number of carbonyl (C=O) groups is 1. The van der Waals surface area contributed by atoms with Crippen molar-refractivity contribution >= 4 is 40.3 Å². The van der Waals surface area contributed by atoms with Crippen LogP contribution in [-0.2, 0) is 14.3 Å². The van der Waals surface area contributed by atoms with Crippen molar-refractivity contribution in [2.45, 2.75) is 39.1 Å². The van der Waals surface area contributed by atoms with Gasteiger partial charge in [0, 0.05) is 11.3 Å². The van der Waals surface area contributed by atoms with Gasteiger partial charge >= 0.3 is 6.36 Å². The quantitative estimate of drug-likeness (QED) is 0.221. The van der Waals surface area contributed by atoms with E-state index >= 15 is 0 Å². The predicted octanol–water partition coefficient (Wildman–Crippen LogP) is 2.66. The molecule has 1 aliphatic heterocycles. The molecule has 4 N–H and O–H groups in total. The Labute approximate surface area is 209 Å². The molecule has 14 heteroatoms. The number of β-amino-alcohol motifs (C(OH)–C–C–N with tert-alkyl or cyclic N) is 1. The average Bonchev–Trinajstić information content (AvgIpc) is 3.01. The van der Waals surface area contributed by atoms with Crippen LogP contribution in [0, 0.1) is 0 Å². The van der Waals surface area contributed by atoms with Gasteiger partial charge in [-0.15, -0.1) is 13.2 Å². The van der Waals surface area contributed by atoms with E-state index in [1.54, 1.807) is 30.3 Å². The lowest BCUT2D eigenvalue weighted by atomic mass is 10.1. The summed E-state index contributed by atoms with van der Waals surface area (Å²) < 4.78 is 52.4. The molecular weight excluding hydrogens is 505 g/mol. The molecule has 0 aromatic heterocycles. The molecule has 0 saturated carbocycles. The van der Waals surface area contributed by atoms with Crippen LogP contribution in [0.1, 0.15) is 19.4 Å². The number of benzene rings is 2. The Kier molecular flexibility index (Phi) is 8.81. The van der Waals surface area contributed by atoms with Gasteiger partial charge < -0.3 is 34.6 Å². The molecular formula is C22H23F3N4O6S. The molecule has 2 aromatic rings. The van der Waals surface area contributed by atoms with Crippen LogP contribution in [0.4, 0.5) is 24.5 Å². The van der Waals surface area contributed by atoms with Crippen LogP contribution >= 0.6 is 12.2 Å². The molecule has 1 heterocycles. The maximum Gasteiger partial charge on any atom is 0.573 e. The molecule has 3 rings (SSSR count). The highest BCUT2D eigenvalue weighted by molar-refractivity contribution is 7.80. The minimum Gasteiger partial charge on any atom is -0.406 e. The van der Waals surface area contributed by atoms with Gasteiger partial charge in [0.1, 0.15) is 5.75 Å². The number of anilines is 2. The number of fused-ring (bicyclic) bond motifs is 1. The molecule has 0 saturated heterocycles. The Morgan fingerprint density at radius 2 is 1.83 bits per heavy atom. The van der Waals surface area contributed by atoms with Crippen molar-refractivity contribution in [2.24, 2.45) is 5.10 Å². The summed E-state index contributed by atoms with van der Waals surface area (Å²) in [4.78, 5) is 14.2. The molecule has 10 nitrogen and oxygen atoms in total. The molecule has 36 heavy (non-hydrogen) atoms. The van der Waals surface area contributed by atoms with Crippen LogP contribution in [-0.4, -0.2) is 58.7 Å². The number of ether oxygens (including phenoxy) is 3. The van der Waals surface area contributed by atoms with Crippen molar-refractivity contribution in [3.63, 3.8) is 0 Å². The molecule has 2 aromatic carbocycles. The van der Waals surface area contributed by atoms with E-state index in [0.29, 0.717) is 5.69 Å². The minimum atomic E-state index is -4.95. The molecule has 3 atom stereocenters. The molecule has 0 bridgehead atoms. The molecule has 0 spiro atoms. The first kappa shape index (κ1) is 27.3. The second kappa shape index (κ2) is 11.6. The maximum atomic E-state index is 13.1. The maximum absolute atomic E-state index is 13.1. The van der Waals surface area contributed by atoms with Crippen molar-refractivity contribution < 1.29 is 42.4 Å². The summed E-state index contributed by atoms with van der Waals surface area (Å²) in [5, 5.41) is 26.4. The molecule has 0 radical (unpaired) electrons. The molecule has 0 aliphatic carbocycles. The molecule has 0 fully saturated rings. The lowest BCUT2D eigenvalue weighted by molar-refractivity contribution is -0.274. The Morgan fingerprint density at radius 1 is 1.14 bits per heavy atom. The molecule has 1 amide bonds. The number of halogens is 3. The van der Waals surface area contributed by atoms with E-state index in [0.717, 1.165) is 17.0 Å². The van der Waals surface area contributed by atoms with E-state index < -0.39 is 43.4 Å². The number of aliphatic hydroxyl groups excluding tert-OH is 2. The summed E-state index contributed by atoms with van der Waals surface area (Å²) in [6.07, 6.45) is -8.69. The van der Waals surface area contributed by atoms with Crippen LogP contribution in [0.2, 0.25) is 0 Å². The topological polar surface area (TPSA) is 125 Å². The first-order valence-electron chi connectivity index (χ1n) is 10.5. The molecule has 194 valence electrons. The van der Waals surface area contributed by atoms with Gasteiger partial charge in [0.15, 0.2) is 29.7 Å². The number of hydrogen-bond donors (Lipinski definition) is 4. The Hall–Kier alpha value is -3.30. The van der Waals surface area contributed by atoms with Gasteiger partial charge in [-0.3, -0.25) is 10.2 Å². The summed E-state index contributed by atoms with van der Waals surface area (Å²) in [5.41, 5.74) is 3.04. The van der Waals surface area contributed by atoms with Crippen LogP contribution in [0.5, 0.6) is 5.75 Å². The lowest BCUT2D eigenvalue weighted by Gasteiger charge is -2.24. The number of hydrazone groups is 1. The third-order valence-corrected chi connectivity index (χ3v) is 4.77. The zero-order chi connectivity index (χ0) is 26.5. The number of alkyl halides is 3. The largest absolute Gasteiger partial charge is 0.573 e. The van der Waals surface area contributed by atoms with E-state index in [1.807, 2.05) is 0 Å². The summed E-state index contributed by atoms with van der Waals surface area (Å²) in [6.45, 7) is 2.36. The van der Waals surface area contributed by atoms with Gasteiger partial charge in [-0.05, 0) is 56.4 Å². The Morgan fingerprint density at radius 3 is 2.47 bits per heavy atom. The molecule has 3 unspecified atom stereocenters. The van der Waals surface area contributed by atoms with Crippen LogP contribution in [0.25, 0.3) is 0 Å². The minimum absolute atomic E-state index is 0.0113. The zero-order valence-corrected chi connectivity index (χ0v) is 19.8. The Bertz CT molecular complexity index is 1120. The SMILES string of the molecule is CC(O)OC(C)OC(O)CN1C(=O)/C(=N/NC(=S)Nc2ccccc2)c2cc(OC(F)(F)F)ccc21. The second-order valence-corrected chi connectivity index (χ2v) is 7.84. The number of hydrogen-bond acceptors (Lipinski definition) is 8. The number of carbonyl (C=O) groups excluding carboxylic acids is 1. The number of nitrogens with zero attached hydrogens (tertiary/aromatic N) is 2. The lowest BCUT2D eigenvalue weighted by Crippen LogP contribution is -2.40. The van der Waals surface area contributed by atoms with Gasteiger partial charge in [-0.2, -0.15) is 5.10 Å². The normalized spacial score (nSPS) is 16.9. The fraction of sp³-hybridized carbons (Fsp3) is 0.318. The number of thiocarbonyl (C=S) groups is 1. The van der Waals surface area contributed by atoms with E-state index in [2.05, 4.69) is 20.6 Å². The summed E-state index contributed by atoms with van der Waals surface area (Å²) in [6, 6.07) is 12.1. The van der Waals surface area contributed by atoms with Crippen molar-refractivity contribution in [3.05, 3.63) is 54.1 Å². The highest BCUT2D eigenvalue weighted by atomic mass is 32.1. The highest BCUT2D eigenvalue weighted by Crippen LogP contribution is 2.34. The van der Waals surface area contributed by atoms with Crippen molar-refractivity contribution in [1.82, 2.24) is 5.43 Å². The molecule has 1 aliphatic rings. The number of rotatable bonds is 9. The highest BCUT2D eigenvalue weighted by Gasteiger charge is 2.38. The van der Waals surface area contributed by atoms with Crippen molar-refractivity contribution in [3.8, 4) is 5.75 Å². The number of amides is 1. The third-order valence-electron chi connectivity index (χ3n) is 4.57. The first-order chi connectivity index (χ1) is 16.9. The smallest absolute Gasteiger partial charge is 0.406 e. The second-order valence-electron chi connectivity index (χ2n) is 7.43. The monoisotopic (exact) mass is 528 g/mol. The average molecular weight is 529 g/mol. The van der Waals surface area contributed by atoms with Gasteiger partial charge in [0.2, 0.25) is 0 Å². The summed E-state index contributed by atoms with van der Waals surface area (Å²) in [5.74, 6) is -1.31.